The summed E-state index contributed by atoms with van der Waals surface area (Å²) in [4.78, 5) is -0.694. The van der Waals surface area contributed by atoms with E-state index in [2.05, 4.69) is 0 Å². The van der Waals surface area contributed by atoms with Gasteiger partial charge in [0.15, 0.2) is 0 Å². The molecule has 6 heteroatoms. The fourth-order valence-electron chi connectivity index (χ4n) is 0.654. The van der Waals surface area contributed by atoms with Crippen LogP contribution in [0.4, 0.5) is 4.39 Å². The molecule has 1 aromatic rings. The minimum absolute atomic E-state index is 0. The van der Waals surface area contributed by atoms with Crippen LogP contribution in [0.2, 0.25) is 0 Å². The van der Waals surface area contributed by atoms with Gasteiger partial charge < -0.3 is 0 Å². The Morgan fingerprint density at radius 1 is 1.25 bits per heavy atom. The molecule has 0 spiro atoms. The van der Waals surface area contributed by atoms with Crippen molar-refractivity contribution in [1.29, 1.82) is 0 Å². The molecule has 0 atom stereocenters. The van der Waals surface area contributed by atoms with E-state index in [9.17, 15) is 12.8 Å². The van der Waals surface area contributed by atoms with Crippen LogP contribution in [0.1, 0.15) is 0 Å². The van der Waals surface area contributed by atoms with E-state index in [1.807, 2.05) is 0 Å². The molecule has 0 saturated heterocycles. The Morgan fingerprint density at radius 3 is 2.08 bits per heavy atom. The quantitative estimate of drug-likeness (QED) is 0.514. The Kier molecular flexibility index (Phi) is 3.94. The number of benzene rings is 1. The van der Waals surface area contributed by atoms with Gasteiger partial charge in [-0.15, -0.1) is 0 Å². The molecule has 61 valence electrons. The minimum atomic E-state index is -4.41. The van der Waals surface area contributed by atoms with Gasteiger partial charge in [0, 0.05) is 18.9 Å². The molecule has 1 aromatic carbocycles. The summed E-state index contributed by atoms with van der Waals surface area (Å²) in [7, 11) is -4.41. The average molecular weight is 183 g/mol. The smallest absolute Gasteiger partial charge is 0.282 e. The van der Waals surface area contributed by atoms with E-state index in [0.717, 1.165) is 12.1 Å². The van der Waals surface area contributed by atoms with E-state index in [4.69, 9.17) is 4.55 Å². The molecule has 1 rings (SSSR count). The number of hydrogen-bond acceptors (Lipinski definition) is 2. The second kappa shape index (κ2) is 4.05. The van der Waals surface area contributed by atoms with Gasteiger partial charge in [-0.2, -0.15) is 8.42 Å². The molecule has 3 nitrogen and oxygen atoms in total. The first kappa shape index (κ1) is 11.7. The SMILES string of the molecule is O=S(=O)(O)c1ccccc1F.[Li]. The van der Waals surface area contributed by atoms with Crippen molar-refractivity contribution < 1.29 is 17.4 Å². The molecule has 0 aliphatic rings. The molecule has 0 unspecified atom stereocenters. The van der Waals surface area contributed by atoms with E-state index in [0.29, 0.717) is 0 Å². The van der Waals surface area contributed by atoms with Crippen LogP contribution in [-0.4, -0.2) is 31.8 Å². The fourth-order valence-corrected chi connectivity index (χ4v) is 1.22. The molecule has 0 heterocycles. The van der Waals surface area contributed by atoms with Gasteiger partial charge in [-0.25, -0.2) is 4.39 Å². The first-order valence-corrected chi connectivity index (χ1v) is 4.18. The molecule has 0 aliphatic carbocycles. The summed E-state index contributed by atoms with van der Waals surface area (Å²) in [6.07, 6.45) is 0. The summed E-state index contributed by atoms with van der Waals surface area (Å²) in [6.45, 7) is 0. The van der Waals surface area contributed by atoms with Crippen molar-refractivity contribution in [2.24, 2.45) is 0 Å². The Bertz CT molecular complexity index is 363. The van der Waals surface area contributed by atoms with E-state index >= 15 is 0 Å². The van der Waals surface area contributed by atoms with Crippen LogP contribution < -0.4 is 0 Å². The van der Waals surface area contributed by atoms with Crippen LogP contribution in [0, 0.1) is 5.82 Å². The maximum atomic E-state index is 12.5. The van der Waals surface area contributed by atoms with Crippen molar-refractivity contribution in [2.75, 3.05) is 0 Å². The van der Waals surface area contributed by atoms with Crippen molar-refractivity contribution in [3.05, 3.63) is 30.1 Å². The molecule has 0 saturated carbocycles. The summed E-state index contributed by atoms with van der Waals surface area (Å²) < 4.78 is 41.7. The number of hydrogen-bond donors (Lipinski definition) is 1. The topological polar surface area (TPSA) is 54.4 Å². The second-order valence-electron chi connectivity index (χ2n) is 1.91. The fraction of sp³-hybridized carbons (Fsp3) is 0. The van der Waals surface area contributed by atoms with Crippen LogP contribution in [0.3, 0.4) is 0 Å². The maximum absolute atomic E-state index is 12.5. The largest absolute Gasteiger partial charge is 0.297 e. The van der Waals surface area contributed by atoms with E-state index in [1.54, 1.807) is 0 Å². The van der Waals surface area contributed by atoms with Gasteiger partial charge in [0.05, 0.1) is 0 Å². The zero-order valence-corrected chi connectivity index (χ0v) is 7.18. The van der Waals surface area contributed by atoms with Crippen molar-refractivity contribution >= 4 is 29.0 Å². The zero-order valence-electron chi connectivity index (χ0n) is 6.36. The van der Waals surface area contributed by atoms with Crippen LogP contribution in [-0.2, 0) is 10.1 Å². The van der Waals surface area contributed by atoms with Gasteiger partial charge in [0.1, 0.15) is 10.7 Å². The molecule has 1 radical (unpaired) electrons. The van der Waals surface area contributed by atoms with Gasteiger partial charge in [0.25, 0.3) is 10.1 Å². The second-order valence-corrected chi connectivity index (χ2v) is 3.30. The summed E-state index contributed by atoms with van der Waals surface area (Å²) in [6, 6.07) is 4.62. The summed E-state index contributed by atoms with van der Waals surface area (Å²) in [5.41, 5.74) is 0. The normalized spacial score (nSPS) is 10.5. The van der Waals surface area contributed by atoms with Gasteiger partial charge >= 0.3 is 0 Å². The zero-order chi connectivity index (χ0) is 8.48. The maximum Gasteiger partial charge on any atom is 0.297 e. The molecule has 12 heavy (non-hydrogen) atoms. The number of halogens is 1. The molecule has 0 aromatic heterocycles. The molecule has 0 aliphatic heterocycles. The van der Waals surface area contributed by atoms with Gasteiger partial charge in [-0.3, -0.25) is 4.55 Å². The summed E-state index contributed by atoms with van der Waals surface area (Å²) in [5.74, 6) is -0.949. The average Bonchev–Trinajstić information content (AvgIpc) is 1.86. The van der Waals surface area contributed by atoms with Crippen molar-refractivity contribution in [3.63, 3.8) is 0 Å². The van der Waals surface area contributed by atoms with Crippen molar-refractivity contribution in [2.45, 2.75) is 4.90 Å². The first-order valence-electron chi connectivity index (χ1n) is 2.74. The third-order valence-electron chi connectivity index (χ3n) is 1.11. The van der Waals surface area contributed by atoms with Gasteiger partial charge in [-0.1, -0.05) is 12.1 Å². The Hall–Kier alpha value is -0.343. The van der Waals surface area contributed by atoms with Gasteiger partial charge in [0.2, 0.25) is 0 Å². The van der Waals surface area contributed by atoms with E-state index in [-0.39, 0.29) is 18.9 Å². The van der Waals surface area contributed by atoms with Crippen LogP contribution in [0.25, 0.3) is 0 Å². The minimum Gasteiger partial charge on any atom is -0.282 e. The van der Waals surface area contributed by atoms with Crippen LogP contribution in [0.5, 0.6) is 0 Å². The van der Waals surface area contributed by atoms with Gasteiger partial charge in [-0.05, 0) is 12.1 Å². The monoisotopic (exact) mass is 183 g/mol. The number of rotatable bonds is 1. The van der Waals surface area contributed by atoms with E-state index < -0.39 is 20.8 Å². The van der Waals surface area contributed by atoms with E-state index in [1.165, 1.54) is 12.1 Å². The third kappa shape index (κ3) is 2.61. The summed E-state index contributed by atoms with van der Waals surface area (Å²) in [5, 5.41) is 0. The molecule has 0 amide bonds. The Balaban J connectivity index is 0.00000121. The van der Waals surface area contributed by atoms with Crippen LogP contribution in [0.15, 0.2) is 29.2 Å². The van der Waals surface area contributed by atoms with Crippen molar-refractivity contribution in [1.82, 2.24) is 0 Å². The summed E-state index contributed by atoms with van der Waals surface area (Å²) >= 11 is 0. The third-order valence-corrected chi connectivity index (χ3v) is 2.00. The molecule has 0 fully saturated rings. The first-order chi connectivity index (χ1) is 5.02. The predicted molar refractivity (Wildman–Crippen MR) is 42.0 cm³/mol. The van der Waals surface area contributed by atoms with Crippen LogP contribution >= 0.6 is 0 Å². The molecular formula is C6H5FLiO3S. The molecule has 1 N–H and O–H groups in total. The Labute approximate surface area is 81.5 Å². The van der Waals surface area contributed by atoms with Crippen molar-refractivity contribution in [3.8, 4) is 0 Å². The standard InChI is InChI=1S/C6H5FO3S.Li/c7-5-3-1-2-4-6(5)11(8,9)10;/h1-4H,(H,8,9,10);. The molecular weight excluding hydrogens is 178 g/mol. The predicted octanol–water partition coefficient (Wildman–Crippen LogP) is 0.692. The Morgan fingerprint density at radius 2 is 1.75 bits per heavy atom. The molecule has 0 bridgehead atoms.